The molecule has 0 radical (unpaired) electrons. The third-order valence-corrected chi connectivity index (χ3v) is 10.00. The first-order valence-corrected chi connectivity index (χ1v) is 17.6. The van der Waals surface area contributed by atoms with E-state index in [1.54, 1.807) is 61.5 Å². The molecule has 1 atom stereocenters. The van der Waals surface area contributed by atoms with Crippen LogP contribution < -0.4 is 14.4 Å². The molecule has 2 amide bonds. The van der Waals surface area contributed by atoms with Crippen LogP contribution in [0.4, 0.5) is 5.69 Å². The molecule has 4 rings (SSSR count). The Morgan fingerprint density at radius 3 is 2.20 bits per heavy atom. The van der Waals surface area contributed by atoms with Gasteiger partial charge >= 0.3 is 0 Å². The average molecular weight is 748 g/mol. The van der Waals surface area contributed by atoms with Crippen LogP contribution in [0.3, 0.4) is 0 Å². The zero-order valence-electron chi connectivity index (χ0n) is 25.3. The molecule has 0 heterocycles. The largest absolute Gasteiger partial charge is 0.494 e. The van der Waals surface area contributed by atoms with Gasteiger partial charge in [0.2, 0.25) is 11.8 Å². The maximum Gasteiger partial charge on any atom is 0.264 e. The number of sulfonamides is 1. The standard InChI is InChI=1S/C34H34BrCl2N3O5S/c1-3-38-34(42)32(20-24-8-6-5-7-9-24)39(22-25-10-13-27(36)21-31(25)37)33(41)23-40(28-14-16-29(17-15-28)45-4-2)46(43,44)30-18-11-26(35)12-19-30/h5-19,21,32H,3-4,20,22-23H2,1-2H3,(H,38,42)/t32-/m0/s1. The molecular weight excluding hydrogens is 713 g/mol. The normalized spacial score (nSPS) is 11.8. The number of ether oxygens (including phenoxy) is 1. The Bertz CT molecular complexity index is 1740. The molecule has 0 spiro atoms. The van der Waals surface area contributed by atoms with Crippen LogP contribution in [-0.4, -0.2) is 50.9 Å². The van der Waals surface area contributed by atoms with E-state index in [4.69, 9.17) is 27.9 Å². The highest BCUT2D eigenvalue weighted by atomic mass is 79.9. The lowest BCUT2D eigenvalue weighted by Gasteiger charge is -2.34. The predicted molar refractivity (Wildman–Crippen MR) is 186 cm³/mol. The molecule has 0 fully saturated rings. The fourth-order valence-corrected chi connectivity index (χ4v) is 6.96. The minimum Gasteiger partial charge on any atom is -0.494 e. The number of hydrogen-bond acceptors (Lipinski definition) is 5. The van der Waals surface area contributed by atoms with Crippen molar-refractivity contribution in [3.8, 4) is 5.75 Å². The van der Waals surface area contributed by atoms with E-state index in [-0.39, 0.29) is 29.5 Å². The fourth-order valence-electron chi connectivity index (χ4n) is 4.82. The van der Waals surface area contributed by atoms with Crippen molar-refractivity contribution in [1.82, 2.24) is 10.2 Å². The summed E-state index contributed by atoms with van der Waals surface area (Å²) >= 11 is 16.0. The first kappa shape index (κ1) is 35.3. The van der Waals surface area contributed by atoms with Crippen LogP contribution in [0.5, 0.6) is 5.75 Å². The summed E-state index contributed by atoms with van der Waals surface area (Å²) in [5.41, 5.74) is 1.62. The van der Waals surface area contributed by atoms with Gasteiger partial charge in [0.25, 0.3) is 10.0 Å². The van der Waals surface area contributed by atoms with E-state index >= 15 is 0 Å². The number of likely N-dealkylation sites (N-methyl/N-ethyl adjacent to an activating group) is 1. The fraction of sp³-hybridized carbons (Fsp3) is 0.235. The molecule has 0 aliphatic carbocycles. The number of nitrogens with one attached hydrogen (secondary N) is 1. The third kappa shape index (κ3) is 9.03. The van der Waals surface area contributed by atoms with Crippen LogP contribution in [0.2, 0.25) is 10.0 Å². The Hall–Kier alpha value is -3.57. The monoisotopic (exact) mass is 745 g/mol. The SMILES string of the molecule is CCNC(=O)[C@H](Cc1ccccc1)N(Cc1ccc(Cl)cc1Cl)C(=O)CN(c1ccc(OCC)cc1)S(=O)(=O)c1ccc(Br)cc1. The molecule has 242 valence electrons. The number of halogens is 3. The van der Waals surface area contributed by atoms with Crippen LogP contribution in [0.15, 0.2) is 106 Å². The van der Waals surface area contributed by atoms with Crippen molar-refractivity contribution in [3.63, 3.8) is 0 Å². The van der Waals surface area contributed by atoms with Gasteiger partial charge < -0.3 is 15.0 Å². The number of carbonyl (C=O) groups excluding carboxylic acids is 2. The van der Waals surface area contributed by atoms with E-state index in [0.717, 1.165) is 9.87 Å². The summed E-state index contributed by atoms with van der Waals surface area (Å²) < 4.78 is 35.6. The van der Waals surface area contributed by atoms with E-state index in [9.17, 15) is 18.0 Å². The molecule has 0 aromatic heterocycles. The van der Waals surface area contributed by atoms with Crippen molar-refractivity contribution < 1.29 is 22.7 Å². The molecular formula is C34H34BrCl2N3O5S. The lowest BCUT2D eigenvalue weighted by molar-refractivity contribution is -0.140. The highest BCUT2D eigenvalue weighted by molar-refractivity contribution is 9.10. The maximum atomic E-state index is 14.5. The molecule has 4 aromatic rings. The summed E-state index contributed by atoms with van der Waals surface area (Å²) in [6.07, 6.45) is 0.187. The first-order valence-electron chi connectivity index (χ1n) is 14.6. The van der Waals surface area contributed by atoms with Gasteiger partial charge in [0.15, 0.2) is 0 Å². The van der Waals surface area contributed by atoms with Crippen molar-refractivity contribution in [2.75, 3.05) is 24.0 Å². The Morgan fingerprint density at radius 2 is 1.59 bits per heavy atom. The van der Waals surface area contributed by atoms with Gasteiger partial charge in [0, 0.05) is 34.0 Å². The Labute approximate surface area is 288 Å². The number of nitrogens with zero attached hydrogens (tertiary/aromatic N) is 2. The molecule has 0 saturated heterocycles. The van der Waals surface area contributed by atoms with E-state index in [1.165, 1.54) is 17.0 Å². The van der Waals surface area contributed by atoms with E-state index in [1.807, 2.05) is 37.3 Å². The van der Waals surface area contributed by atoms with Crippen LogP contribution in [0.1, 0.15) is 25.0 Å². The minimum atomic E-state index is -4.25. The summed E-state index contributed by atoms with van der Waals surface area (Å²) in [7, 11) is -4.25. The quantitative estimate of drug-likeness (QED) is 0.148. The third-order valence-electron chi connectivity index (χ3n) is 7.09. The Morgan fingerprint density at radius 1 is 0.913 bits per heavy atom. The van der Waals surface area contributed by atoms with Gasteiger partial charge in [0.1, 0.15) is 18.3 Å². The second-order valence-electron chi connectivity index (χ2n) is 10.2. The summed E-state index contributed by atoms with van der Waals surface area (Å²) in [6.45, 7) is 3.74. The maximum absolute atomic E-state index is 14.5. The van der Waals surface area contributed by atoms with Crippen LogP contribution in [0, 0.1) is 0 Å². The van der Waals surface area contributed by atoms with Crippen molar-refractivity contribution >= 4 is 66.7 Å². The second kappa shape index (κ2) is 16.3. The summed E-state index contributed by atoms with van der Waals surface area (Å²) in [5, 5.41) is 3.56. The highest BCUT2D eigenvalue weighted by Gasteiger charge is 2.35. The Kier molecular flexibility index (Phi) is 12.5. The highest BCUT2D eigenvalue weighted by Crippen LogP contribution is 2.29. The molecule has 4 aromatic carbocycles. The number of hydrogen-bond donors (Lipinski definition) is 1. The van der Waals surface area contributed by atoms with Gasteiger partial charge in [0.05, 0.1) is 17.2 Å². The van der Waals surface area contributed by atoms with Crippen molar-refractivity contribution in [2.45, 2.75) is 37.8 Å². The smallest absolute Gasteiger partial charge is 0.264 e. The summed E-state index contributed by atoms with van der Waals surface area (Å²) in [4.78, 5) is 29.5. The minimum absolute atomic E-state index is 0.00533. The second-order valence-corrected chi connectivity index (χ2v) is 13.9. The molecule has 8 nitrogen and oxygen atoms in total. The van der Waals surface area contributed by atoms with Gasteiger partial charge in [-0.25, -0.2) is 8.42 Å². The lowest BCUT2D eigenvalue weighted by atomic mass is 10.0. The van der Waals surface area contributed by atoms with Gasteiger partial charge in [-0.15, -0.1) is 0 Å². The molecule has 0 unspecified atom stereocenters. The zero-order chi connectivity index (χ0) is 33.3. The zero-order valence-corrected chi connectivity index (χ0v) is 29.2. The van der Waals surface area contributed by atoms with Gasteiger partial charge in [-0.2, -0.15) is 0 Å². The number of benzene rings is 4. The summed E-state index contributed by atoms with van der Waals surface area (Å²) in [5.74, 6) is -0.433. The first-order chi connectivity index (χ1) is 22.0. The number of rotatable bonds is 14. The molecule has 0 bridgehead atoms. The predicted octanol–water partition coefficient (Wildman–Crippen LogP) is 7.13. The molecule has 46 heavy (non-hydrogen) atoms. The van der Waals surface area contributed by atoms with Gasteiger partial charge in [-0.1, -0.05) is 75.5 Å². The Balaban J connectivity index is 1.81. The van der Waals surface area contributed by atoms with Crippen molar-refractivity contribution in [2.24, 2.45) is 0 Å². The molecule has 0 aliphatic rings. The van der Waals surface area contributed by atoms with E-state index in [2.05, 4.69) is 21.2 Å². The number of carbonyl (C=O) groups is 2. The molecule has 12 heteroatoms. The topological polar surface area (TPSA) is 96.0 Å². The lowest BCUT2D eigenvalue weighted by Crippen LogP contribution is -2.53. The van der Waals surface area contributed by atoms with Crippen LogP contribution in [0.25, 0.3) is 0 Å². The van der Waals surface area contributed by atoms with Crippen LogP contribution >= 0.6 is 39.1 Å². The molecule has 0 saturated carbocycles. The molecule has 0 aliphatic heterocycles. The van der Waals surface area contributed by atoms with Gasteiger partial charge in [-0.3, -0.25) is 13.9 Å². The molecule has 1 N–H and O–H groups in total. The van der Waals surface area contributed by atoms with Crippen LogP contribution in [-0.2, 0) is 32.6 Å². The van der Waals surface area contributed by atoms with Crippen molar-refractivity contribution in [1.29, 1.82) is 0 Å². The average Bonchev–Trinajstić information content (AvgIpc) is 3.03. The van der Waals surface area contributed by atoms with Gasteiger partial charge in [-0.05, 0) is 85.6 Å². The van der Waals surface area contributed by atoms with E-state index < -0.39 is 28.5 Å². The van der Waals surface area contributed by atoms with Crippen molar-refractivity contribution in [3.05, 3.63) is 123 Å². The number of amides is 2. The van der Waals surface area contributed by atoms with E-state index in [0.29, 0.717) is 39.0 Å². The summed E-state index contributed by atoms with van der Waals surface area (Å²) in [6, 6.07) is 25.8. The number of anilines is 1.